The predicted molar refractivity (Wildman–Crippen MR) is 77.1 cm³/mol. The minimum Gasteiger partial charge on any atom is -0.376 e. The Bertz CT molecular complexity index is 491. The Balaban J connectivity index is 2.26. The van der Waals surface area contributed by atoms with Gasteiger partial charge in [0.25, 0.3) is 0 Å². The second-order valence-electron chi connectivity index (χ2n) is 4.31. The fraction of sp³-hybridized carbons (Fsp3) is 0.267. The zero-order chi connectivity index (χ0) is 13.0. The van der Waals surface area contributed by atoms with Gasteiger partial charge in [0, 0.05) is 6.20 Å². The third kappa shape index (κ3) is 2.82. The maximum Gasteiger partial charge on any atom is 0.152 e. The molecule has 1 heterocycles. The largest absolute Gasteiger partial charge is 0.376 e. The second-order valence-corrected chi connectivity index (χ2v) is 4.67. The molecule has 0 saturated heterocycles. The minimum atomic E-state index is 0.256. The van der Waals surface area contributed by atoms with E-state index in [1.165, 1.54) is 5.56 Å². The van der Waals surface area contributed by atoms with Gasteiger partial charge in [-0.2, -0.15) is 0 Å². The van der Waals surface area contributed by atoms with Crippen LogP contribution in [0.25, 0.3) is 0 Å². The Kier molecular flexibility index (Phi) is 4.21. The number of aryl methyl sites for hydroxylation is 1. The molecule has 0 aliphatic heterocycles. The van der Waals surface area contributed by atoms with Crippen LogP contribution in [0, 0.1) is 6.92 Å². The molecule has 1 aromatic carbocycles. The first kappa shape index (κ1) is 12.9. The lowest BCUT2D eigenvalue weighted by Crippen LogP contribution is -2.11. The Morgan fingerprint density at radius 1 is 1.22 bits per heavy atom. The molecule has 2 aromatic rings. The van der Waals surface area contributed by atoms with Gasteiger partial charge < -0.3 is 5.32 Å². The SMILES string of the molecule is CCC(Nc1c(C)ccnc1Cl)c1ccccc1. The van der Waals surface area contributed by atoms with Crippen LogP contribution in [0.2, 0.25) is 5.15 Å². The highest BCUT2D eigenvalue weighted by Crippen LogP contribution is 2.29. The summed E-state index contributed by atoms with van der Waals surface area (Å²) >= 11 is 6.14. The molecule has 1 atom stereocenters. The first-order valence-corrected chi connectivity index (χ1v) is 6.52. The summed E-state index contributed by atoms with van der Waals surface area (Å²) in [6, 6.07) is 12.6. The van der Waals surface area contributed by atoms with Gasteiger partial charge in [-0.25, -0.2) is 4.98 Å². The minimum absolute atomic E-state index is 0.256. The van der Waals surface area contributed by atoms with Crippen LogP contribution in [-0.4, -0.2) is 4.98 Å². The Morgan fingerprint density at radius 2 is 1.94 bits per heavy atom. The van der Waals surface area contributed by atoms with Crippen molar-refractivity contribution in [3.8, 4) is 0 Å². The maximum absolute atomic E-state index is 6.14. The molecule has 0 bridgehead atoms. The van der Waals surface area contributed by atoms with Gasteiger partial charge >= 0.3 is 0 Å². The van der Waals surface area contributed by atoms with Gasteiger partial charge in [0.15, 0.2) is 5.15 Å². The van der Waals surface area contributed by atoms with E-state index in [1.54, 1.807) is 6.20 Å². The molecule has 94 valence electrons. The summed E-state index contributed by atoms with van der Waals surface area (Å²) in [5.74, 6) is 0. The van der Waals surface area contributed by atoms with E-state index in [-0.39, 0.29) is 6.04 Å². The van der Waals surface area contributed by atoms with Crippen molar-refractivity contribution in [3.05, 3.63) is 58.9 Å². The average molecular weight is 261 g/mol. The molecule has 0 amide bonds. The van der Waals surface area contributed by atoms with Crippen LogP contribution in [0.3, 0.4) is 0 Å². The Hall–Kier alpha value is -1.54. The fourth-order valence-electron chi connectivity index (χ4n) is 1.98. The molecule has 2 rings (SSSR count). The van der Waals surface area contributed by atoms with Gasteiger partial charge in [-0.15, -0.1) is 0 Å². The van der Waals surface area contributed by atoms with Crippen LogP contribution in [-0.2, 0) is 0 Å². The molecular formula is C15H17ClN2. The number of halogens is 1. The van der Waals surface area contributed by atoms with Crippen LogP contribution in [0.15, 0.2) is 42.6 Å². The Labute approximate surface area is 113 Å². The van der Waals surface area contributed by atoms with Crippen molar-refractivity contribution in [1.82, 2.24) is 4.98 Å². The van der Waals surface area contributed by atoms with E-state index in [0.29, 0.717) is 5.15 Å². The van der Waals surface area contributed by atoms with Crippen LogP contribution >= 0.6 is 11.6 Å². The van der Waals surface area contributed by atoms with E-state index in [2.05, 4.69) is 41.5 Å². The van der Waals surface area contributed by atoms with Crippen molar-refractivity contribution in [2.75, 3.05) is 5.32 Å². The normalized spacial score (nSPS) is 12.2. The zero-order valence-corrected chi connectivity index (χ0v) is 11.4. The Morgan fingerprint density at radius 3 is 2.56 bits per heavy atom. The van der Waals surface area contributed by atoms with Crippen LogP contribution in [0.1, 0.15) is 30.5 Å². The van der Waals surface area contributed by atoms with Crippen LogP contribution < -0.4 is 5.32 Å². The third-order valence-corrected chi connectivity index (χ3v) is 3.33. The van der Waals surface area contributed by atoms with E-state index in [9.17, 15) is 0 Å². The highest BCUT2D eigenvalue weighted by atomic mass is 35.5. The van der Waals surface area contributed by atoms with Gasteiger partial charge in [-0.3, -0.25) is 0 Å². The molecule has 0 spiro atoms. The quantitative estimate of drug-likeness (QED) is 0.813. The van der Waals surface area contributed by atoms with Gasteiger partial charge in [-0.05, 0) is 30.5 Å². The lowest BCUT2D eigenvalue weighted by molar-refractivity contribution is 0.748. The molecule has 0 fully saturated rings. The predicted octanol–water partition coefficient (Wildman–Crippen LogP) is 4.61. The molecule has 2 nitrogen and oxygen atoms in total. The molecule has 0 saturated carbocycles. The molecule has 1 unspecified atom stereocenters. The number of rotatable bonds is 4. The monoisotopic (exact) mass is 260 g/mol. The average Bonchev–Trinajstić information content (AvgIpc) is 2.40. The topological polar surface area (TPSA) is 24.9 Å². The zero-order valence-electron chi connectivity index (χ0n) is 10.7. The number of aromatic nitrogens is 1. The van der Waals surface area contributed by atoms with Crippen LogP contribution in [0.5, 0.6) is 0 Å². The highest BCUT2D eigenvalue weighted by molar-refractivity contribution is 6.32. The van der Waals surface area contributed by atoms with Crippen molar-refractivity contribution >= 4 is 17.3 Å². The summed E-state index contributed by atoms with van der Waals surface area (Å²) in [5, 5.41) is 4.02. The van der Waals surface area contributed by atoms with E-state index in [0.717, 1.165) is 17.7 Å². The number of anilines is 1. The standard InChI is InChI=1S/C15H17ClN2/c1-3-13(12-7-5-4-6-8-12)18-14-11(2)9-10-17-15(14)16/h4-10,13,18H,3H2,1-2H3. The summed E-state index contributed by atoms with van der Waals surface area (Å²) < 4.78 is 0. The lowest BCUT2D eigenvalue weighted by atomic mass is 10.0. The molecule has 18 heavy (non-hydrogen) atoms. The summed E-state index contributed by atoms with van der Waals surface area (Å²) in [6.07, 6.45) is 2.72. The number of hydrogen-bond donors (Lipinski definition) is 1. The number of pyridine rings is 1. The highest BCUT2D eigenvalue weighted by Gasteiger charge is 2.12. The van der Waals surface area contributed by atoms with E-state index >= 15 is 0 Å². The molecule has 0 aliphatic carbocycles. The van der Waals surface area contributed by atoms with Gasteiger partial charge in [-0.1, -0.05) is 48.9 Å². The first-order valence-electron chi connectivity index (χ1n) is 6.15. The van der Waals surface area contributed by atoms with Gasteiger partial charge in [0.2, 0.25) is 0 Å². The van der Waals surface area contributed by atoms with E-state index < -0.39 is 0 Å². The van der Waals surface area contributed by atoms with E-state index in [1.807, 2.05) is 19.1 Å². The van der Waals surface area contributed by atoms with Crippen molar-refractivity contribution < 1.29 is 0 Å². The number of nitrogens with one attached hydrogen (secondary N) is 1. The molecule has 1 aromatic heterocycles. The molecule has 1 N–H and O–H groups in total. The fourth-order valence-corrected chi connectivity index (χ4v) is 2.24. The van der Waals surface area contributed by atoms with Crippen molar-refractivity contribution in [1.29, 1.82) is 0 Å². The molecule has 0 aliphatic rings. The summed E-state index contributed by atoms with van der Waals surface area (Å²) in [4.78, 5) is 4.12. The number of hydrogen-bond acceptors (Lipinski definition) is 2. The summed E-state index contributed by atoms with van der Waals surface area (Å²) in [6.45, 7) is 4.19. The molecular weight excluding hydrogens is 244 g/mol. The third-order valence-electron chi connectivity index (χ3n) is 3.04. The molecule has 3 heteroatoms. The number of nitrogens with zero attached hydrogens (tertiary/aromatic N) is 1. The maximum atomic E-state index is 6.14. The smallest absolute Gasteiger partial charge is 0.152 e. The van der Waals surface area contributed by atoms with Gasteiger partial charge in [0.05, 0.1) is 11.7 Å². The first-order chi connectivity index (χ1) is 8.72. The lowest BCUT2D eigenvalue weighted by Gasteiger charge is -2.20. The summed E-state index contributed by atoms with van der Waals surface area (Å²) in [7, 11) is 0. The summed E-state index contributed by atoms with van der Waals surface area (Å²) in [5.41, 5.74) is 3.30. The van der Waals surface area contributed by atoms with Gasteiger partial charge in [0.1, 0.15) is 0 Å². The van der Waals surface area contributed by atoms with Crippen LogP contribution in [0.4, 0.5) is 5.69 Å². The molecule has 0 radical (unpaired) electrons. The van der Waals surface area contributed by atoms with Crippen molar-refractivity contribution in [2.24, 2.45) is 0 Å². The number of benzene rings is 1. The van der Waals surface area contributed by atoms with Crippen molar-refractivity contribution in [2.45, 2.75) is 26.3 Å². The second kappa shape index (κ2) is 5.87. The van der Waals surface area contributed by atoms with Crippen molar-refractivity contribution in [3.63, 3.8) is 0 Å². The van der Waals surface area contributed by atoms with E-state index in [4.69, 9.17) is 11.6 Å².